The molecular formula is C13H22N2O4S. The van der Waals surface area contributed by atoms with Crippen LogP contribution in [-0.4, -0.2) is 44.0 Å². The fraction of sp³-hybridized carbons (Fsp3) is 0.615. The predicted octanol–water partition coefficient (Wildman–Crippen LogP) is 1.54. The summed E-state index contributed by atoms with van der Waals surface area (Å²) in [7, 11) is 0.886. The van der Waals surface area contributed by atoms with Gasteiger partial charge in [0.05, 0.1) is 7.11 Å². The standard InChI is InChI=1S/C13H22N2O4S/c1-6-7-8-14(3)20(17,18)12-9-11(13(16)19-5)15(4)10(12)2/h9H,6-8H2,1-5H3. The molecular weight excluding hydrogens is 280 g/mol. The largest absolute Gasteiger partial charge is 0.464 e. The van der Waals surface area contributed by atoms with Crippen LogP contribution in [0.1, 0.15) is 35.9 Å². The molecule has 1 rings (SSSR count). The Kier molecular flexibility index (Phi) is 5.35. The number of ether oxygens (including phenoxy) is 1. The number of methoxy groups -OCH3 is 1. The maximum atomic E-state index is 12.5. The van der Waals surface area contributed by atoms with Crippen LogP contribution in [0.2, 0.25) is 0 Å². The van der Waals surface area contributed by atoms with E-state index in [1.807, 2.05) is 6.92 Å². The maximum Gasteiger partial charge on any atom is 0.354 e. The summed E-state index contributed by atoms with van der Waals surface area (Å²) in [6.45, 7) is 4.14. The number of aromatic nitrogens is 1. The van der Waals surface area contributed by atoms with Crippen molar-refractivity contribution in [2.75, 3.05) is 20.7 Å². The number of unbranched alkanes of at least 4 members (excludes halogenated alkanes) is 1. The lowest BCUT2D eigenvalue weighted by Gasteiger charge is -2.16. The van der Waals surface area contributed by atoms with E-state index in [4.69, 9.17) is 0 Å². The van der Waals surface area contributed by atoms with Gasteiger partial charge in [0, 0.05) is 26.3 Å². The summed E-state index contributed by atoms with van der Waals surface area (Å²) in [6, 6.07) is 1.37. The quantitative estimate of drug-likeness (QED) is 0.748. The highest BCUT2D eigenvalue weighted by molar-refractivity contribution is 7.89. The minimum atomic E-state index is -3.58. The van der Waals surface area contributed by atoms with Crippen molar-refractivity contribution < 1.29 is 17.9 Å². The Bertz CT molecular complexity index is 590. The van der Waals surface area contributed by atoms with Crippen LogP contribution in [-0.2, 0) is 21.8 Å². The highest BCUT2D eigenvalue weighted by Crippen LogP contribution is 2.23. The second-order valence-corrected chi connectivity index (χ2v) is 6.72. The highest BCUT2D eigenvalue weighted by Gasteiger charge is 2.27. The monoisotopic (exact) mass is 302 g/mol. The molecule has 20 heavy (non-hydrogen) atoms. The van der Waals surface area contributed by atoms with E-state index >= 15 is 0 Å². The van der Waals surface area contributed by atoms with Crippen LogP contribution in [0.3, 0.4) is 0 Å². The predicted molar refractivity (Wildman–Crippen MR) is 76.2 cm³/mol. The van der Waals surface area contributed by atoms with Crippen molar-refractivity contribution in [2.24, 2.45) is 7.05 Å². The number of sulfonamides is 1. The highest BCUT2D eigenvalue weighted by atomic mass is 32.2. The summed E-state index contributed by atoms with van der Waals surface area (Å²) in [5, 5.41) is 0. The van der Waals surface area contributed by atoms with Crippen molar-refractivity contribution in [1.29, 1.82) is 0 Å². The van der Waals surface area contributed by atoms with E-state index in [1.54, 1.807) is 21.0 Å². The molecule has 1 heterocycles. The van der Waals surface area contributed by atoms with Gasteiger partial charge in [0.15, 0.2) is 0 Å². The van der Waals surface area contributed by atoms with Gasteiger partial charge in [-0.1, -0.05) is 13.3 Å². The van der Waals surface area contributed by atoms with Crippen LogP contribution in [0, 0.1) is 6.92 Å². The third-order valence-electron chi connectivity index (χ3n) is 3.40. The minimum Gasteiger partial charge on any atom is -0.464 e. The lowest BCUT2D eigenvalue weighted by atomic mass is 10.3. The molecule has 0 fully saturated rings. The van der Waals surface area contributed by atoms with Gasteiger partial charge in [0.25, 0.3) is 0 Å². The van der Waals surface area contributed by atoms with Crippen LogP contribution in [0.25, 0.3) is 0 Å². The van der Waals surface area contributed by atoms with Crippen LogP contribution in [0.5, 0.6) is 0 Å². The molecule has 0 bridgehead atoms. The average Bonchev–Trinajstić information content (AvgIpc) is 2.72. The number of carbonyl (C=O) groups excluding carboxylic acids is 1. The van der Waals surface area contributed by atoms with Crippen LogP contribution in [0.4, 0.5) is 0 Å². The third-order valence-corrected chi connectivity index (χ3v) is 5.37. The van der Waals surface area contributed by atoms with Crippen LogP contribution < -0.4 is 0 Å². The molecule has 6 nitrogen and oxygen atoms in total. The van der Waals surface area contributed by atoms with Crippen LogP contribution >= 0.6 is 0 Å². The van der Waals surface area contributed by atoms with E-state index in [1.165, 1.54) is 22.0 Å². The van der Waals surface area contributed by atoms with Crippen LogP contribution in [0.15, 0.2) is 11.0 Å². The molecule has 0 aromatic carbocycles. The molecule has 0 aliphatic carbocycles. The van der Waals surface area contributed by atoms with E-state index in [9.17, 15) is 13.2 Å². The molecule has 0 spiro atoms. The fourth-order valence-electron chi connectivity index (χ4n) is 1.90. The molecule has 0 N–H and O–H groups in total. The van der Waals surface area contributed by atoms with Gasteiger partial charge in [-0.25, -0.2) is 17.5 Å². The molecule has 0 atom stereocenters. The second kappa shape index (κ2) is 6.41. The van der Waals surface area contributed by atoms with E-state index in [0.717, 1.165) is 12.8 Å². The molecule has 0 amide bonds. The van der Waals surface area contributed by atoms with E-state index < -0.39 is 16.0 Å². The summed E-state index contributed by atoms with van der Waals surface area (Å²) < 4.78 is 32.5. The van der Waals surface area contributed by atoms with E-state index in [2.05, 4.69) is 4.74 Å². The van der Waals surface area contributed by atoms with Crippen molar-refractivity contribution in [3.8, 4) is 0 Å². The summed E-state index contributed by atoms with van der Waals surface area (Å²) in [4.78, 5) is 11.8. The molecule has 1 aromatic rings. The summed E-state index contributed by atoms with van der Waals surface area (Å²) in [5.74, 6) is -0.548. The number of nitrogens with zero attached hydrogens (tertiary/aromatic N) is 2. The topological polar surface area (TPSA) is 68.6 Å². The van der Waals surface area contributed by atoms with Gasteiger partial charge in [-0.2, -0.15) is 0 Å². The van der Waals surface area contributed by atoms with E-state index in [-0.39, 0.29) is 10.6 Å². The molecule has 0 aliphatic heterocycles. The van der Waals surface area contributed by atoms with Crippen molar-refractivity contribution in [3.05, 3.63) is 17.5 Å². The molecule has 0 unspecified atom stereocenters. The first-order chi connectivity index (χ1) is 9.27. The Hall–Kier alpha value is -1.34. The number of rotatable bonds is 6. The van der Waals surface area contributed by atoms with Gasteiger partial charge in [-0.05, 0) is 19.4 Å². The molecule has 7 heteroatoms. The van der Waals surface area contributed by atoms with Crippen molar-refractivity contribution in [1.82, 2.24) is 8.87 Å². The zero-order valence-corrected chi connectivity index (χ0v) is 13.5. The van der Waals surface area contributed by atoms with Gasteiger partial charge >= 0.3 is 5.97 Å². The molecule has 0 saturated carbocycles. The average molecular weight is 302 g/mol. The lowest BCUT2D eigenvalue weighted by Crippen LogP contribution is -2.28. The molecule has 0 saturated heterocycles. The zero-order chi connectivity index (χ0) is 15.5. The Morgan fingerprint density at radius 1 is 1.45 bits per heavy atom. The smallest absolute Gasteiger partial charge is 0.354 e. The Morgan fingerprint density at radius 2 is 2.05 bits per heavy atom. The zero-order valence-electron chi connectivity index (χ0n) is 12.6. The summed E-state index contributed by atoms with van der Waals surface area (Å²) >= 11 is 0. The minimum absolute atomic E-state index is 0.152. The summed E-state index contributed by atoms with van der Waals surface area (Å²) in [6.07, 6.45) is 1.71. The number of hydrogen-bond donors (Lipinski definition) is 0. The number of carbonyl (C=O) groups is 1. The first-order valence-corrected chi connectivity index (χ1v) is 7.92. The Labute approximate surface area is 120 Å². The molecule has 114 valence electrons. The fourth-order valence-corrected chi connectivity index (χ4v) is 3.38. The molecule has 0 radical (unpaired) electrons. The molecule has 1 aromatic heterocycles. The SMILES string of the molecule is CCCCN(C)S(=O)(=O)c1cc(C(=O)OC)n(C)c1C. The van der Waals surface area contributed by atoms with Gasteiger partial charge < -0.3 is 9.30 Å². The van der Waals surface area contributed by atoms with Gasteiger partial charge in [0.2, 0.25) is 10.0 Å². The second-order valence-electron chi connectivity index (χ2n) is 4.71. The van der Waals surface area contributed by atoms with Crippen molar-refractivity contribution in [3.63, 3.8) is 0 Å². The van der Waals surface area contributed by atoms with Crippen molar-refractivity contribution >= 4 is 16.0 Å². The normalized spacial score (nSPS) is 11.9. The third kappa shape index (κ3) is 3.04. The number of hydrogen-bond acceptors (Lipinski definition) is 4. The van der Waals surface area contributed by atoms with Gasteiger partial charge in [-0.3, -0.25) is 0 Å². The molecule has 0 aliphatic rings. The van der Waals surface area contributed by atoms with Gasteiger partial charge in [0.1, 0.15) is 10.6 Å². The Balaban J connectivity index is 3.23. The lowest BCUT2D eigenvalue weighted by molar-refractivity contribution is 0.0589. The van der Waals surface area contributed by atoms with E-state index in [0.29, 0.717) is 12.2 Å². The maximum absolute atomic E-state index is 12.5. The Morgan fingerprint density at radius 3 is 2.55 bits per heavy atom. The van der Waals surface area contributed by atoms with Crippen molar-refractivity contribution in [2.45, 2.75) is 31.6 Å². The van der Waals surface area contributed by atoms with Gasteiger partial charge in [-0.15, -0.1) is 0 Å². The number of esters is 1. The summed E-state index contributed by atoms with van der Waals surface area (Å²) in [5.41, 5.74) is 0.751. The first-order valence-electron chi connectivity index (χ1n) is 6.48. The first kappa shape index (κ1) is 16.7.